The zero-order valence-electron chi connectivity index (χ0n) is 10.8. The maximum atomic E-state index is 13.3. The average Bonchev–Trinajstić information content (AvgIpc) is 2.40. The van der Waals surface area contributed by atoms with Crippen molar-refractivity contribution in [3.8, 4) is 5.75 Å². The molecule has 0 spiro atoms. The Hall–Kier alpha value is -1.13. The SMILES string of the molecule is COc1ccc(F)cc1C(N)CC1CCCNC1. The average molecular weight is 252 g/mol. The number of ether oxygens (including phenoxy) is 1. The highest BCUT2D eigenvalue weighted by Crippen LogP contribution is 2.30. The number of piperidine rings is 1. The summed E-state index contributed by atoms with van der Waals surface area (Å²) in [7, 11) is 1.59. The van der Waals surface area contributed by atoms with E-state index in [4.69, 9.17) is 10.5 Å². The quantitative estimate of drug-likeness (QED) is 0.864. The molecule has 4 heteroatoms. The van der Waals surface area contributed by atoms with Gasteiger partial charge in [0.25, 0.3) is 0 Å². The molecule has 1 aromatic carbocycles. The zero-order valence-corrected chi connectivity index (χ0v) is 10.8. The fourth-order valence-corrected chi connectivity index (χ4v) is 2.61. The van der Waals surface area contributed by atoms with Crippen LogP contribution >= 0.6 is 0 Å². The van der Waals surface area contributed by atoms with Crippen LogP contribution in [-0.2, 0) is 0 Å². The number of nitrogens with one attached hydrogen (secondary N) is 1. The van der Waals surface area contributed by atoms with Crippen LogP contribution in [0.25, 0.3) is 0 Å². The van der Waals surface area contributed by atoms with E-state index in [1.165, 1.54) is 25.0 Å². The van der Waals surface area contributed by atoms with Crippen molar-refractivity contribution in [3.05, 3.63) is 29.6 Å². The molecular weight excluding hydrogens is 231 g/mol. The highest BCUT2D eigenvalue weighted by atomic mass is 19.1. The predicted octanol–water partition coefficient (Wildman–Crippen LogP) is 2.22. The van der Waals surface area contributed by atoms with Gasteiger partial charge in [0, 0.05) is 11.6 Å². The van der Waals surface area contributed by atoms with Crippen molar-refractivity contribution >= 4 is 0 Å². The lowest BCUT2D eigenvalue weighted by molar-refractivity contribution is 0.331. The van der Waals surface area contributed by atoms with Gasteiger partial charge in [0.05, 0.1) is 7.11 Å². The van der Waals surface area contributed by atoms with E-state index in [0.717, 1.165) is 25.1 Å². The first-order valence-corrected chi connectivity index (χ1v) is 6.50. The van der Waals surface area contributed by atoms with Crippen molar-refractivity contribution in [2.24, 2.45) is 11.7 Å². The predicted molar refractivity (Wildman–Crippen MR) is 70.1 cm³/mol. The fraction of sp³-hybridized carbons (Fsp3) is 0.571. The summed E-state index contributed by atoms with van der Waals surface area (Å²) < 4.78 is 18.5. The van der Waals surface area contributed by atoms with Crippen LogP contribution < -0.4 is 15.8 Å². The van der Waals surface area contributed by atoms with E-state index in [1.54, 1.807) is 13.2 Å². The van der Waals surface area contributed by atoms with Gasteiger partial charge >= 0.3 is 0 Å². The van der Waals surface area contributed by atoms with Gasteiger partial charge < -0.3 is 15.8 Å². The molecule has 0 aromatic heterocycles. The number of benzene rings is 1. The van der Waals surface area contributed by atoms with E-state index in [-0.39, 0.29) is 11.9 Å². The summed E-state index contributed by atoms with van der Waals surface area (Å²) in [6.07, 6.45) is 3.25. The lowest BCUT2D eigenvalue weighted by Gasteiger charge is -2.26. The van der Waals surface area contributed by atoms with Crippen LogP contribution in [0.1, 0.15) is 30.9 Å². The van der Waals surface area contributed by atoms with Crippen LogP contribution in [0.2, 0.25) is 0 Å². The topological polar surface area (TPSA) is 47.3 Å². The molecule has 100 valence electrons. The van der Waals surface area contributed by atoms with Crippen LogP contribution in [0.3, 0.4) is 0 Å². The molecule has 0 saturated carbocycles. The molecule has 2 rings (SSSR count). The normalized spacial score (nSPS) is 21.6. The summed E-state index contributed by atoms with van der Waals surface area (Å²) >= 11 is 0. The van der Waals surface area contributed by atoms with Gasteiger partial charge in [-0.25, -0.2) is 4.39 Å². The Kier molecular flexibility index (Phi) is 4.55. The molecule has 1 heterocycles. The Morgan fingerprint density at radius 3 is 3.06 bits per heavy atom. The maximum absolute atomic E-state index is 13.3. The smallest absolute Gasteiger partial charge is 0.123 e. The summed E-state index contributed by atoms with van der Waals surface area (Å²) in [5, 5.41) is 3.37. The highest BCUT2D eigenvalue weighted by Gasteiger charge is 2.20. The van der Waals surface area contributed by atoms with Crippen LogP contribution in [0.15, 0.2) is 18.2 Å². The molecule has 1 aliphatic rings. The Morgan fingerprint density at radius 2 is 2.39 bits per heavy atom. The summed E-state index contributed by atoms with van der Waals surface area (Å²) in [6.45, 7) is 2.10. The molecule has 1 fully saturated rings. The summed E-state index contributed by atoms with van der Waals surface area (Å²) in [5.74, 6) is 0.984. The molecule has 2 unspecified atom stereocenters. The Morgan fingerprint density at radius 1 is 1.56 bits per heavy atom. The van der Waals surface area contributed by atoms with Crippen LogP contribution in [0, 0.1) is 11.7 Å². The van der Waals surface area contributed by atoms with E-state index in [9.17, 15) is 4.39 Å². The Bertz CT molecular complexity index is 391. The molecule has 1 aliphatic heterocycles. The van der Waals surface area contributed by atoms with Crippen LogP contribution in [-0.4, -0.2) is 20.2 Å². The molecule has 3 nitrogen and oxygen atoms in total. The minimum Gasteiger partial charge on any atom is -0.496 e. The third kappa shape index (κ3) is 3.21. The van der Waals surface area contributed by atoms with Crippen molar-refractivity contribution < 1.29 is 9.13 Å². The first-order chi connectivity index (χ1) is 8.70. The third-order valence-corrected chi connectivity index (χ3v) is 3.58. The van der Waals surface area contributed by atoms with E-state index in [1.807, 2.05) is 0 Å². The van der Waals surface area contributed by atoms with Gasteiger partial charge in [-0.15, -0.1) is 0 Å². The summed E-state index contributed by atoms with van der Waals surface area (Å²) in [4.78, 5) is 0. The highest BCUT2D eigenvalue weighted by molar-refractivity contribution is 5.36. The van der Waals surface area contributed by atoms with Gasteiger partial charge in [-0.3, -0.25) is 0 Å². The molecule has 0 aliphatic carbocycles. The Labute approximate surface area is 108 Å². The molecular formula is C14H21FN2O. The number of hydrogen-bond donors (Lipinski definition) is 2. The molecule has 1 saturated heterocycles. The molecule has 1 aromatic rings. The molecule has 2 atom stereocenters. The summed E-state index contributed by atoms with van der Waals surface area (Å²) in [5.41, 5.74) is 6.96. The van der Waals surface area contributed by atoms with E-state index in [0.29, 0.717) is 11.7 Å². The maximum Gasteiger partial charge on any atom is 0.123 e. The minimum absolute atomic E-state index is 0.166. The van der Waals surface area contributed by atoms with Gasteiger partial charge in [0.15, 0.2) is 0 Å². The van der Waals surface area contributed by atoms with Crippen molar-refractivity contribution in [2.45, 2.75) is 25.3 Å². The van der Waals surface area contributed by atoms with Gasteiger partial charge in [0.2, 0.25) is 0 Å². The van der Waals surface area contributed by atoms with E-state index in [2.05, 4.69) is 5.32 Å². The number of hydrogen-bond acceptors (Lipinski definition) is 3. The van der Waals surface area contributed by atoms with Gasteiger partial charge in [0.1, 0.15) is 11.6 Å². The monoisotopic (exact) mass is 252 g/mol. The molecule has 3 N–H and O–H groups in total. The molecule has 0 radical (unpaired) electrons. The van der Waals surface area contributed by atoms with Crippen LogP contribution in [0.4, 0.5) is 4.39 Å². The number of rotatable bonds is 4. The van der Waals surface area contributed by atoms with Crippen molar-refractivity contribution in [1.29, 1.82) is 0 Å². The fourth-order valence-electron chi connectivity index (χ4n) is 2.61. The second-order valence-electron chi connectivity index (χ2n) is 4.94. The number of methoxy groups -OCH3 is 1. The second kappa shape index (κ2) is 6.16. The van der Waals surface area contributed by atoms with E-state index >= 15 is 0 Å². The number of halogens is 1. The van der Waals surface area contributed by atoms with Crippen molar-refractivity contribution in [3.63, 3.8) is 0 Å². The van der Waals surface area contributed by atoms with E-state index < -0.39 is 0 Å². The Balaban J connectivity index is 2.07. The number of nitrogens with two attached hydrogens (primary N) is 1. The van der Waals surface area contributed by atoms with Gasteiger partial charge in [-0.2, -0.15) is 0 Å². The van der Waals surface area contributed by atoms with Gasteiger partial charge in [-0.1, -0.05) is 0 Å². The third-order valence-electron chi connectivity index (χ3n) is 3.58. The zero-order chi connectivity index (χ0) is 13.0. The summed E-state index contributed by atoms with van der Waals surface area (Å²) in [6, 6.07) is 4.36. The standard InChI is InChI=1S/C14H21FN2O/c1-18-14-5-4-11(15)8-12(14)13(16)7-10-3-2-6-17-9-10/h4-5,8,10,13,17H,2-3,6-7,9,16H2,1H3. The lowest BCUT2D eigenvalue weighted by Crippen LogP contribution is -2.31. The first-order valence-electron chi connectivity index (χ1n) is 6.50. The lowest BCUT2D eigenvalue weighted by atomic mass is 9.89. The minimum atomic E-state index is -0.261. The van der Waals surface area contributed by atoms with Crippen LogP contribution in [0.5, 0.6) is 5.75 Å². The second-order valence-corrected chi connectivity index (χ2v) is 4.94. The van der Waals surface area contributed by atoms with Crippen molar-refractivity contribution in [1.82, 2.24) is 5.32 Å². The molecule has 0 bridgehead atoms. The molecule has 0 amide bonds. The van der Waals surface area contributed by atoms with Crippen molar-refractivity contribution in [2.75, 3.05) is 20.2 Å². The van der Waals surface area contributed by atoms with Gasteiger partial charge in [-0.05, 0) is 56.5 Å². The molecule has 18 heavy (non-hydrogen) atoms. The largest absolute Gasteiger partial charge is 0.496 e. The first kappa shape index (κ1) is 13.3.